The molecule has 1 aliphatic heterocycles. The molecule has 1 aliphatic rings. The summed E-state index contributed by atoms with van der Waals surface area (Å²) in [5, 5.41) is 7.96. The standard InChI is InChI=1S/C5H10O4S/c6-3-1-5-2-4-9-10(5,7)8/h5-6H,1-4H2. The lowest BCUT2D eigenvalue weighted by Gasteiger charge is -2.02. The summed E-state index contributed by atoms with van der Waals surface area (Å²) in [5.74, 6) is 0. The average Bonchev–Trinajstić information content (AvgIpc) is 2.13. The Hall–Kier alpha value is -0.130. The molecule has 0 bridgehead atoms. The van der Waals surface area contributed by atoms with Gasteiger partial charge in [-0.05, 0) is 12.8 Å². The summed E-state index contributed by atoms with van der Waals surface area (Å²) in [5.41, 5.74) is 0. The summed E-state index contributed by atoms with van der Waals surface area (Å²) in [6.07, 6.45) is 0.811. The Morgan fingerprint density at radius 2 is 2.30 bits per heavy atom. The molecule has 0 aromatic rings. The molecule has 0 spiro atoms. The summed E-state index contributed by atoms with van der Waals surface area (Å²) in [6.45, 7) is 0.181. The molecule has 0 aliphatic carbocycles. The van der Waals surface area contributed by atoms with E-state index >= 15 is 0 Å². The molecule has 10 heavy (non-hydrogen) atoms. The van der Waals surface area contributed by atoms with Gasteiger partial charge in [0.25, 0.3) is 10.1 Å². The molecule has 1 fully saturated rings. The summed E-state index contributed by atoms with van der Waals surface area (Å²) in [6, 6.07) is 0. The molecule has 5 heteroatoms. The Morgan fingerprint density at radius 3 is 2.70 bits per heavy atom. The zero-order valence-corrected chi connectivity index (χ0v) is 6.30. The fourth-order valence-corrected chi connectivity index (χ4v) is 2.27. The molecule has 1 N–H and O–H groups in total. The van der Waals surface area contributed by atoms with Crippen molar-refractivity contribution in [2.75, 3.05) is 13.2 Å². The van der Waals surface area contributed by atoms with Crippen LogP contribution in [-0.4, -0.2) is 32.0 Å². The minimum Gasteiger partial charge on any atom is -0.396 e. The topological polar surface area (TPSA) is 63.6 Å². The summed E-state index contributed by atoms with van der Waals surface area (Å²) in [7, 11) is -3.31. The third-order valence-electron chi connectivity index (χ3n) is 1.55. The van der Waals surface area contributed by atoms with E-state index in [0.29, 0.717) is 12.8 Å². The highest BCUT2D eigenvalue weighted by Gasteiger charge is 2.31. The zero-order valence-electron chi connectivity index (χ0n) is 5.49. The Kier molecular flexibility index (Phi) is 2.28. The van der Waals surface area contributed by atoms with Gasteiger partial charge >= 0.3 is 0 Å². The Labute approximate surface area is 59.9 Å². The van der Waals surface area contributed by atoms with Gasteiger partial charge in [-0.25, -0.2) is 0 Å². The number of hydrogen-bond acceptors (Lipinski definition) is 4. The molecule has 1 rings (SSSR count). The van der Waals surface area contributed by atoms with Crippen LogP contribution in [0, 0.1) is 0 Å². The minimum atomic E-state index is -3.31. The smallest absolute Gasteiger partial charge is 0.270 e. The van der Waals surface area contributed by atoms with Crippen LogP contribution in [0.1, 0.15) is 12.8 Å². The average molecular weight is 166 g/mol. The molecule has 1 atom stereocenters. The van der Waals surface area contributed by atoms with Crippen LogP contribution in [-0.2, 0) is 14.3 Å². The number of hydrogen-bond donors (Lipinski definition) is 1. The van der Waals surface area contributed by atoms with Gasteiger partial charge in [0.1, 0.15) is 0 Å². The Morgan fingerprint density at radius 1 is 1.60 bits per heavy atom. The van der Waals surface area contributed by atoms with E-state index in [-0.39, 0.29) is 13.2 Å². The summed E-state index contributed by atoms with van der Waals surface area (Å²) < 4.78 is 26.1. The van der Waals surface area contributed by atoms with Gasteiger partial charge in [0, 0.05) is 6.61 Å². The molecule has 1 unspecified atom stereocenters. The number of aliphatic hydroxyl groups excluding tert-OH is 1. The largest absolute Gasteiger partial charge is 0.396 e. The summed E-state index contributed by atoms with van der Waals surface area (Å²) in [4.78, 5) is 0. The van der Waals surface area contributed by atoms with Crippen LogP contribution in [0.25, 0.3) is 0 Å². The van der Waals surface area contributed by atoms with Gasteiger partial charge in [0.15, 0.2) is 0 Å². The molecule has 4 nitrogen and oxygen atoms in total. The van der Waals surface area contributed by atoms with E-state index in [1.807, 2.05) is 0 Å². The lowest BCUT2D eigenvalue weighted by molar-refractivity contribution is 0.285. The Bertz CT molecular complexity index is 196. The molecular weight excluding hydrogens is 156 g/mol. The van der Waals surface area contributed by atoms with Crippen LogP contribution >= 0.6 is 0 Å². The Balaban J connectivity index is 2.60. The predicted molar refractivity (Wildman–Crippen MR) is 35.0 cm³/mol. The zero-order chi connectivity index (χ0) is 7.61. The lowest BCUT2D eigenvalue weighted by Crippen LogP contribution is -2.15. The van der Waals surface area contributed by atoms with Crippen LogP contribution < -0.4 is 0 Å². The van der Waals surface area contributed by atoms with Crippen molar-refractivity contribution in [2.24, 2.45) is 0 Å². The van der Waals surface area contributed by atoms with E-state index in [1.54, 1.807) is 0 Å². The maximum Gasteiger partial charge on any atom is 0.270 e. The first-order valence-electron chi connectivity index (χ1n) is 3.16. The van der Waals surface area contributed by atoms with E-state index in [0.717, 1.165) is 0 Å². The van der Waals surface area contributed by atoms with E-state index in [1.165, 1.54) is 0 Å². The van der Waals surface area contributed by atoms with Gasteiger partial charge < -0.3 is 5.11 Å². The highest BCUT2D eigenvalue weighted by Crippen LogP contribution is 2.19. The van der Waals surface area contributed by atoms with Gasteiger partial charge in [-0.1, -0.05) is 0 Å². The van der Waals surface area contributed by atoms with E-state index in [4.69, 9.17) is 5.11 Å². The van der Waals surface area contributed by atoms with Crippen molar-refractivity contribution in [1.29, 1.82) is 0 Å². The normalized spacial score (nSPS) is 30.7. The maximum absolute atomic E-state index is 10.8. The lowest BCUT2D eigenvalue weighted by atomic mass is 10.2. The molecular formula is C5H10O4S. The molecule has 0 aromatic carbocycles. The van der Waals surface area contributed by atoms with Crippen molar-refractivity contribution in [3.8, 4) is 0 Å². The van der Waals surface area contributed by atoms with Crippen molar-refractivity contribution in [3.05, 3.63) is 0 Å². The highest BCUT2D eigenvalue weighted by molar-refractivity contribution is 7.87. The highest BCUT2D eigenvalue weighted by atomic mass is 32.2. The second kappa shape index (κ2) is 2.86. The first-order chi connectivity index (χ1) is 4.67. The van der Waals surface area contributed by atoms with Gasteiger partial charge in [0.2, 0.25) is 0 Å². The maximum atomic E-state index is 10.8. The van der Waals surface area contributed by atoms with Crippen molar-refractivity contribution >= 4 is 10.1 Å². The predicted octanol–water partition coefficient (Wildman–Crippen LogP) is -0.512. The molecule has 0 amide bonds. The molecule has 1 saturated heterocycles. The second-order valence-electron chi connectivity index (χ2n) is 2.24. The fraction of sp³-hybridized carbons (Fsp3) is 1.00. The van der Waals surface area contributed by atoms with Crippen LogP contribution in [0.3, 0.4) is 0 Å². The fourth-order valence-electron chi connectivity index (χ4n) is 0.969. The third-order valence-corrected chi connectivity index (χ3v) is 3.33. The van der Waals surface area contributed by atoms with Crippen molar-refractivity contribution in [3.63, 3.8) is 0 Å². The number of aliphatic hydroxyl groups is 1. The number of rotatable bonds is 2. The molecule has 0 radical (unpaired) electrons. The van der Waals surface area contributed by atoms with Crippen LogP contribution in [0.15, 0.2) is 0 Å². The monoisotopic (exact) mass is 166 g/mol. The van der Waals surface area contributed by atoms with Crippen molar-refractivity contribution in [2.45, 2.75) is 18.1 Å². The van der Waals surface area contributed by atoms with Crippen molar-refractivity contribution < 1.29 is 17.7 Å². The van der Waals surface area contributed by atoms with Crippen LogP contribution in [0.4, 0.5) is 0 Å². The van der Waals surface area contributed by atoms with E-state index in [2.05, 4.69) is 4.18 Å². The van der Waals surface area contributed by atoms with Crippen LogP contribution in [0.5, 0.6) is 0 Å². The summed E-state index contributed by atoms with van der Waals surface area (Å²) >= 11 is 0. The van der Waals surface area contributed by atoms with E-state index in [9.17, 15) is 8.42 Å². The quantitative estimate of drug-likeness (QED) is 0.561. The minimum absolute atomic E-state index is 0.0900. The third kappa shape index (κ3) is 1.47. The second-order valence-corrected chi connectivity index (χ2v) is 4.13. The van der Waals surface area contributed by atoms with E-state index < -0.39 is 15.4 Å². The molecule has 0 saturated carbocycles. The van der Waals surface area contributed by atoms with Gasteiger partial charge in [-0.2, -0.15) is 8.42 Å². The molecule has 60 valence electrons. The SMILES string of the molecule is O=S1(=O)OCCC1CCO. The first-order valence-corrected chi connectivity index (χ1v) is 4.63. The van der Waals surface area contributed by atoms with Gasteiger partial charge in [-0.15, -0.1) is 0 Å². The van der Waals surface area contributed by atoms with Gasteiger partial charge in [0.05, 0.1) is 11.9 Å². The molecule has 0 aromatic heterocycles. The first kappa shape index (κ1) is 7.97. The molecule has 1 heterocycles. The van der Waals surface area contributed by atoms with Crippen molar-refractivity contribution in [1.82, 2.24) is 0 Å². The van der Waals surface area contributed by atoms with Crippen LogP contribution in [0.2, 0.25) is 0 Å². The van der Waals surface area contributed by atoms with Gasteiger partial charge in [-0.3, -0.25) is 4.18 Å².